The van der Waals surface area contributed by atoms with Crippen molar-refractivity contribution in [2.45, 2.75) is 26.2 Å². The second-order valence-corrected chi connectivity index (χ2v) is 5.94. The van der Waals surface area contributed by atoms with Crippen LogP contribution in [0.15, 0.2) is 34.9 Å². The summed E-state index contributed by atoms with van der Waals surface area (Å²) in [6.45, 7) is 2.52. The zero-order chi connectivity index (χ0) is 17.8. The Morgan fingerprint density at radius 3 is 2.48 bits per heavy atom. The lowest BCUT2D eigenvalue weighted by atomic mass is 10.1. The van der Waals surface area contributed by atoms with E-state index in [2.05, 4.69) is 10.5 Å². The lowest BCUT2D eigenvalue weighted by Gasteiger charge is -2.13. The summed E-state index contributed by atoms with van der Waals surface area (Å²) in [7, 11) is 0. The summed E-state index contributed by atoms with van der Waals surface area (Å²) in [5.41, 5.74) is 1.66. The molecule has 0 aliphatic carbocycles. The lowest BCUT2D eigenvalue weighted by molar-refractivity contribution is -0.121. The molecule has 0 spiro atoms. The van der Waals surface area contributed by atoms with Gasteiger partial charge in [0.1, 0.15) is 5.76 Å². The number of aromatic nitrogens is 1. The van der Waals surface area contributed by atoms with Crippen LogP contribution in [0.1, 0.15) is 45.0 Å². The van der Waals surface area contributed by atoms with Crippen LogP contribution in [0.5, 0.6) is 0 Å². The van der Waals surface area contributed by atoms with Crippen molar-refractivity contribution in [1.29, 1.82) is 0 Å². The highest BCUT2D eigenvalue weighted by Gasteiger charge is 2.34. The van der Waals surface area contributed by atoms with Crippen molar-refractivity contribution < 1.29 is 18.9 Å². The Morgan fingerprint density at radius 1 is 1.20 bits per heavy atom. The topological polar surface area (TPSA) is 92.5 Å². The maximum absolute atomic E-state index is 12.2. The van der Waals surface area contributed by atoms with Gasteiger partial charge in [0.05, 0.1) is 16.8 Å². The van der Waals surface area contributed by atoms with Crippen molar-refractivity contribution in [3.63, 3.8) is 0 Å². The quantitative estimate of drug-likeness (QED) is 0.774. The average Bonchev–Trinajstić information content (AvgIpc) is 3.12. The first kappa shape index (κ1) is 16.9. The maximum Gasteiger partial charge on any atom is 0.261 e. The number of aryl methyl sites for hydroxylation is 1. The van der Waals surface area contributed by atoms with Crippen molar-refractivity contribution in [2.24, 2.45) is 0 Å². The molecule has 1 aromatic carbocycles. The molecule has 7 nitrogen and oxygen atoms in total. The first-order valence-electron chi connectivity index (χ1n) is 8.20. The number of hydrogen-bond acceptors (Lipinski definition) is 5. The van der Waals surface area contributed by atoms with E-state index < -0.39 is 0 Å². The second kappa shape index (κ2) is 7.29. The summed E-state index contributed by atoms with van der Waals surface area (Å²) in [6.07, 6.45) is 1.28. The molecule has 25 heavy (non-hydrogen) atoms. The van der Waals surface area contributed by atoms with E-state index in [4.69, 9.17) is 4.52 Å². The van der Waals surface area contributed by atoms with Crippen molar-refractivity contribution >= 4 is 17.7 Å². The van der Waals surface area contributed by atoms with Gasteiger partial charge in [-0.05, 0) is 25.5 Å². The summed E-state index contributed by atoms with van der Waals surface area (Å²) in [5, 5.41) is 6.65. The van der Waals surface area contributed by atoms with Gasteiger partial charge in [-0.1, -0.05) is 17.3 Å². The van der Waals surface area contributed by atoms with E-state index in [-0.39, 0.29) is 30.7 Å². The fraction of sp³-hybridized carbons (Fsp3) is 0.333. The van der Waals surface area contributed by atoms with E-state index in [1.54, 1.807) is 24.3 Å². The SMILES string of the molecule is Cc1cc(CCNC(=O)CCCN2C(=O)c3ccccc3C2=O)no1. The van der Waals surface area contributed by atoms with Gasteiger partial charge in [-0.25, -0.2) is 0 Å². The van der Waals surface area contributed by atoms with Gasteiger partial charge in [0.2, 0.25) is 5.91 Å². The number of amides is 3. The van der Waals surface area contributed by atoms with E-state index in [9.17, 15) is 14.4 Å². The minimum Gasteiger partial charge on any atom is -0.361 e. The summed E-state index contributed by atoms with van der Waals surface area (Å²) < 4.78 is 4.96. The Balaban J connectivity index is 1.40. The molecule has 130 valence electrons. The zero-order valence-electron chi connectivity index (χ0n) is 13.9. The highest BCUT2D eigenvalue weighted by atomic mass is 16.5. The van der Waals surface area contributed by atoms with Crippen molar-refractivity contribution in [1.82, 2.24) is 15.4 Å². The van der Waals surface area contributed by atoms with Crippen LogP contribution in [0.25, 0.3) is 0 Å². The van der Waals surface area contributed by atoms with Crippen molar-refractivity contribution in [2.75, 3.05) is 13.1 Å². The van der Waals surface area contributed by atoms with E-state index in [0.717, 1.165) is 11.5 Å². The van der Waals surface area contributed by atoms with Crippen LogP contribution >= 0.6 is 0 Å². The third-order valence-corrected chi connectivity index (χ3v) is 4.04. The predicted octanol–water partition coefficient (Wildman–Crippen LogP) is 1.72. The number of carbonyl (C=O) groups excluding carboxylic acids is 3. The molecule has 3 amide bonds. The van der Waals surface area contributed by atoms with Gasteiger partial charge in [-0.2, -0.15) is 0 Å². The summed E-state index contributed by atoms with van der Waals surface area (Å²) in [4.78, 5) is 37.5. The maximum atomic E-state index is 12.2. The number of nitrogens with one attached hydrogen (secondary N) is 1. The minimum atomic E-state index is -0.289. The van der Waals surface area contributed by atoms with Gasteiger partial charge in [0.15, 0.2) is 0 Å². The number of hydrogen-bond donors (Lipinski definition) is 1. The van der Waals surface area contributed by atoms with E-state index in [1.165, 1.54) is 4.90 Å². The highest BCUT2D eigenvalue weighted by Crippen LogP contribution is 2.22. The molecule has 0 unspecified atom stereocenters. The zero-order valence-corrected chi connectivity index (χ0v) is 13.9. The number of rotatable bonds is 7. The Labute approximate surface area is 145 Å². The van der Waals surface area contributed by atoms with Crippen LogP contribution in [0.2, 0.25) is 0 Å². The Morgan fingerprint density at radius 2 is 1.88 bits per heavy atom. The average molecular weight is 341 g/mol. The fourth-order valence-electron chi connectivity index (χ4n) is 2.79. The molecule has 1 aliphatic heterocycles. The molecule has 2 aromatic rings. The molecule has 0 bridgehead atoms. The Hall–Kier alpha value is -2.96. The lowest BCUT2D eigenvalue weighted by Crippen LogP contribution is -2.32. The fourth-order valence-corrected chi connectivity index (χ4v) is 2.79. The molecule has 0 saturated carbocycles. The van der Waals surface area contributed by atoms with Crippen LogP contribution in [0, 0.1) is 6.92 Å². The molecule has 1 aliphatic rings. The first-order valence-corrected chi connectivity index (χ1v) is 8.20. The van der Waals surface area contributed by atoms with Crippen molar-refractivity contribution in [3.8, 4) is 0 Å². The van der Waals surface area contributed by atoms with Gasteiger partial charge >= 0.3 is 0 Å². The Bertz CT molecular complexity index is 777. The molecular weight excluding hydrogens is 322 g/mol. The molecule has 3 rings (SSSR count). The van der Waals surface area contributed by atoms with Crippen LogP contribution < -0.4 is 5.32 Å². The number of benzene rings is 1. The molecule has 2 heterocycles. The summed E-state index contributed by atoms with van der Waals surface area (Å²) in [6, 6.07) is 8.59. The van der Waals surface area contributed by atoms with Crippen LogP contribution in [0.4, 0.5) is 0 Å². The van der Waals surface area contributed by atoms with Gasteiger partial charge < -0.3 is 9.84 Å². The standard InChI is InChI=1S/C18H19N3O4/c1-12-11-13(20-25-12)8-9-19-16(22)7-4-10-21-17(23)14-5-2-3-6-15(14)18(21)24/h2-3,5-6,11H,4,7-10H2,1H3,(H,19,22). The molecule has 1 N–H and O–H groups in total. The molecule has 0 saturated heterocycles. The highest BCUT2D eigenvalue weighted by molar-refractivity contribution is 6.21. The largest absolute Gasteiger partial charge is 0.361 e. The van der Waals surface area contributed by atoms with E-state index >= 15 is 0 Å². The molecular formula is C18H19N3O4. The van der Waals surface area contributed by atoms with Crippen LogP contribution in [-0.4, -0.2) is 40.9 Å². The number of fused-ring (bicyclic) bond motifs is 1. The number of nitrogens with zero attached hydrogens (tertiary/aromatic N) is 2. The predicted molar refractivity (Wildman–Crippen MR) is 89.0 cm³/mol. The van der Waals surface area contributed by atoms with Crippen LogP contribution in [-0.2, 0) is 11.2 Å². The van der Waals surface area contributed by atoms with Crippen molar-refractivity contribution in [3.05, 3.63) is 52.9 Å². The van der Waals surface area contributed by atoms with Gasteiger partial charge in [-0.15, -0.1) is 0 Å². The summed E-state index contributed by atoms with van der Waals surface area (Å²) >= 11 is 0. The number of carbonyl (C=O) groups is 3. The van der Waals surface area contributed by atoms with Crippen LogP contribution in [0.3, 0.4) is 0 Å². The van der Waals surface area contributed by atoms with E-state index in [0.29, 0.717) is 30.5 Å². The van der Waals surface area contributed by atoms with E-state index in [1.807, 2.05) is 13.0 Å². The third kappa shape index (κ3) is 3.76. The summed E-state index contributed by atoms with van der Waals surface area (Å²) in [5.74, 6) is 0.0453. The monoisotopic (exact) mass is 341 g/mol. The second-order valence-electron chi connectivity index (χ2n) is 5.94. The molecule has 0 atom stereocenters. The molecule has 7 heteroatoms. The number of imide groups is 1. The van der Waals surface area contributed by atoms with Gasteiger partial charge in [0.25, 0.3) is 11.8 Å². The molecule has 0 radical (unpaired) electrons. The van der Waals surface area contributed by atoms with Gasteiger partial charge in [-0.3, -0.25) is 19.3 Å². The molecule has 1 aromatic heterocycles. The third-order valence-electron chi connectivity index (χ3n) is 4.04. The Kier molecular flexibility index (Phi) is 4.92. The smallest absolute Gasteiger partial charge is 0.261 e. The first-order chi connectivity index (χ1) is 12.1. The normalized spacial score (nSPS) is 13.2. The minimum absolute atomic E-state index is 0.114. The van der Waals surface area contributed by atoms with Gasteiger partial charge in [0, 0.05) is 32.0 Å². The molecule has 0 fully saturated rings.